The average molecular weight is 192 g/mol. The fourth-order valence-corrected chi connectivity index (χ4v) is 0.888. The number of nitrogens with one attached hydrogen (secondary N) is 3. The van der Waals surface area contributed by atoms with Gasteiger partial charge in [-0.15, -0.1) is 6.42 Å². The summed E-state index contributed by atoms with van der Waals surface area (Å²) in [6.45, 7) is 1.03. The van der Waals surface area contributed by atoms with E-state index in [1.165, 1.54) is 0 Å². The molecule has 0 aliphatic heterocycles. The van der Waals surface area contributed by atoms with Gasteiger partial charge in [0.2, 0.25) is 5.91 Å². The van der Waals surface area contributed by atoms with Gasteiger partial charge in [0.25, 0.3) is 0 Å². The number of carbonyl (C=O) groups is 1. The van der Waals surface area contributed by atoms with Crippen LogP contribution in [0.4, 0.5) is 0 Å². The quantitative estimate of drug-likeness (QED) is 0.424. The molecule has 0 aromatic carbocycles. The topological polar surface area (TPSA) is 69.8 Å². The first kappa shape index (κ1) is 10.3. The molecule has 3 N–H and O–H groups in total. The van der Waals surface area contributed by atoms with Gasteiger partial charge in [-0.05, 0) is 0 Å². The van der Waals surface area contributed by atoms with Crippen LogP contribution in [0.5, 0.6) is 0 Å². The predicted molar refractivity (Wildman–Crippen MR) is 52.1 cm³/mol. The van der Waals surface area contributed by atoms with Crippen molar-refractivity contribution in [3.8, 4) is 12.3 Å². The van der Waals surface area contributed by atoms with Gasteiger partial charge in [-0.1, -0.05) is 5.92 Å². The number of aromatic nitrogens is 2. The van der Waals surface area contributed by atoms with Crippen LogP contribution in [-0.4, -0.2) is 29.0 Å². The van der Waals surface area contributed by atoms with Gasteiger partial charge in [-0.2, -0.15) is 0 Å². The standard InChI is InChI=1S/C9H12N4O/c1-2-3-10-7-9(14)13-6-8-11-4-5-12-8/h1,4-5,10H,3,6-7H2,(H,11,12)(H,13,14). The Labute approximate surface area is 82.3 Å². The first-order valence-corrected chi connectivity index (χ1v) is 4.22. The molecule has 0 spiro atoms. The number of nitrogens with zero attached hydrogens (tertiary/aromatic N) is 1. The highest BCUT2D eigenvalue weighted by Gasteiger charge is 2.00. The molecule has 5 heteroatoms. The fraction of sp³-hybridized carbons (Fsp3) is 0.333. The lowest BCUT2D eigenvalue weighted by Gasteiger charge is -2.02. The predicted octanol–water partition coefficient (Wildman–Crippen LogP) is -0.751. The minimum absolute atomic E-state index is 0.100. The van der Waals surface area contributed by atoms with Gasteiger partial charge >= 0.3 is 0 Å². The van der Waals surface area contributed by atoms with Crippen molar-refractivity contribution >= 4 is 5.91 Å². The highest BCUT2D eigenvalue weighted by molar-refractivity contribution is 5.77. The summed E-state index contributed by atoms with van der Waals surface area (Å²) in [5.74, 6) is 3.01. The molecule has 1 aromatic heterocycles. The van der Waals surface area contributed by atoms with Crippen molar-refractivity contribution in [2.45, 2.75) is 6.54 Å². The number of aromatic amines is 1. The Morgan fingerprint density at radius 3 is 3.21 bits per heavy atom. The molecule has 0 saturated carbocycles. The maximum absolute atomic E-state index is 11.1. The summed E-state index contributed by atoms with van der Waals surface area (Å²) >= 11 is 0. The van der Waals surface area contributed by atoms with Crippen molar-refractivity contribution in [1.29, 1.82) is 0 Å². The fourth-order valence-electron chi connectivity index (χ4n) is 0.888. The summed E-state index contributed by atoms with van der Waals surface area (Å²) in [5, 5.41) is 5.47. The Balaban J connectivity index is 2.13. The lowest BCUT2D eigenvalue weighted by Crippen LogP contribution is -2.33. The van der Waals surface area contributed by atoms with Crippen LogP contribution in [0.2, 0.25) is 0 Å². The van der Waals surface area contributed by atoms with E-state index < -0.39 is 0 Å². The van der Waals surface area contributed by atoms with Gasteiger partial charge in [0, 0.05) is 12.4 Å². The van der Waals surface area contributed by atoms with E-state index in [-0.39, 0.29) is 12.5 Å². The van der Waals surface area contributed by atoms with E-state index in [0.29, 0.717) is 13.1 Å². The van der Waals surface area contributed by atoms with Crippen molar-refractivity contribution in [2.24, 2.45) is 0 Å². The largest absolute Gasteiger partial charge is 0.348 e. The van der Waals surface area contributed by atoms with E-state index in [1.807, 2.05) is 0 Å². The molecule has 1 rings (SSSR count). The zero-order valence-electron chi connectivity index (χ0n) is 7.71. The van der Waals surface area contributed by atoms with E-state index in [4.69, 9.17) is 6.42 Å². The second kappa shape index (κ2) is 5.78. The van der Waals surface area contributed by atoms with Gasteiger partial charge in [0.15, 0.2) is 0 Å². The van der Waals surface area contributed by atoms with Crippen molar-refractivity contribution in [3.05, 3.63) is 18.2 Å². The lowest BCUT2D eigenvalue weighted by molar-refractivity contribution is -0.120. The molecule has 1 aromatic rings. The van der Waals surface area contributed by atoms with E-state index in [0.717, 1.165) is 5.82 Å². The van der Waals surface area contributed by atoms with Gasteiger partial charge in [-0.3, -0.25) is 10.1 Å². The maximum atomic E-state index is 11.1. The van der Waals surface area contributed by atoms with Gasteiger partial charge in [-0.25, -0.2) is 4.98 Å². The number of terminal acetylenes is 1. The van der Waals surface area contributed by atoms with Gasteiger partial charge in [0.1, 0.15) is 5.82 Å². The third-order valence-electron chi connectivity index (χ3n) is 1.52. The van der Waals surface area contributed by atoms with E-state index in [2.05, 4.69) is 26.5 Å². The van der Waals surface area contributed by atoms with E-state index in [1.54, 1.807) is 12.4 Å². The van der Waals surface area contributed by atoms with Crippen LogP contribution < -0.4 is 10.6 Å². The lowest BCUT2D eigenvalue weighted by atomic mass is 10.5. The van der Waals surface area contributed by atoms with Crippen LogP contribution in [-0.2, 0) is 11.3 Å². The summed E-state index contributed by atoms with van der Waals surface area (Å²) in [5.41, 5.74) is 0. The molecule has 0 atom stereocenters. The summed E-state index contributed by atoms with van der Waals surface area (Å²) in [4.78, 5) is 18.0. The Morgan fingerprint density at radius 2 is 2.57 bits per heavy atom. The van der Waals surface area contributed by atoms with Crippen LogP contribution in [0.15, 0.2) is 12.4 Å². The second-order valence-electron chi connectivity index (χ2n) is 2.62. The van der Waals surface area contributed by atoms with Crippen LogP contribution in [0.1, 0.15) is 5.82 Å². The molecule has 1 heterocycles. The molecule has 0 fully saturated rings. The minimum atomic E-state index is -0.100. The Morgan fingerprint density at radius 1 is 1.71 bits per heavy atom. The Hall–Kier alpha value is -1.80. The molecule has 0 aliphatic rings. The van der Waals surface area contributed by atoms with Gasteiger partial charge < -0.3 is 10.3 Å². The number of H-pyrrole nitrogens is 1. The van der Waals surface area contributed by atoms with Crippen molar-refractivity contribution < 1.29 is 4.79 Å². The van der Waals surface area contributed by atoms with Crippen molar-refractivity contribution in [2.75, 3.05) is 13.1 Å². The SMILES string of the molecule is C#CCNCC(=O)NCc1ncc[nH]1. The zero-order chi connectivity index (χ0) is 10.2. The molecular weight excluding hydrogens is 180 g/mol. The van der Waals surface area contributed by atoms with Crippen LogP contribution in [0.3, 0.4) is 0 Å². The van der Waals surface area contributed by atoms with Gasteiger partial charge in [0.05, 0.1) is 19.6 Å². The number of carbonyl (C=O) groups excluding carboxylic acids is 1. The molecule has 0 unspecified atom stereocenters. The third kappa shape index (κ3) is 3.74. The zero-order valence-corrected chi connectivity index (χ0v) is 7.71. The molecule has 0 radical (unpaired) electrons. The summed E-state index contributed by atoms with van der Waals surface area (Å²) in [6.07, 6.45) is 8.35. The first-order valence-electron chi connectivity index (χ1n) is 4.22. The molecular formula is C9H12N4O. The van der Waals surface area contributed by atoms with Crippen molar-refractivity contribution in [1.82, 2.24) is 20.6 Å². The van der Waals surface area contributed by atoms with Crippen molar-refractivity contribution in [3.63, 3.8) is 0 Å². The second-order valence-corrected chi connectivity index (χ2v) is 2.62. The summed E-state index contributed by atoms with van der Waals surface area (Å²) < 4.78 is 0. The Bertz CT molecular complexity index is 312. The Kier molecular flexibility index (Phi) is 4.24. The number of amides is 1. The number of imidazole rings is 1. The maximum Gasteiger partial charge on any atom is 0.234 e. The highest BCUT2D eigenvalue weighted by Crippen LogP contribution is 1.85. The molecule has 74 valence electrons. The monoisotopic (exact) mass is 192 g/mol. The first-order chi connectivity index (χ1) is 6.83. The number of hydrogen-bond acceptors (Lipinski definition) is 3. The van der Waals surface area contributed by atoms with Crippen LogP contribution in [0, 0.1) is 12.3 Å². The smallest absolute Gasteiger partial charge is 0.234 e. The third-order valence-corrected chi connectivity index (χ3v) is 1.52. The molecule has 1 amide bonds. The van der Waals surface area contributed by atoms with E-state index >= 15 is 0 Å². The number of hydrogen-bond donors (Lipinski definition) is 3. The normalized spacial score (nSPS) is 9.36. The number of rotatable bonds is 5. The average Bonchev–Trinajstić information content (AvgIpc) is 2.68. The van der Waals surface area contributed by atoms with Crippen LogP contribution >= 0.6 is 0 Å². The van der Waals surface area contributed by atoms with E-state index in [9.17, 15) is 4.79 Å². The molecule has 5 nitrogen and oxygen atoms in total. The minimum Gasteiger partial charge on any atom is -0.348 e. The molecule has 0 aliphatic carbocycles. The highest BCUT2D eigenvalue weighted by atomic mass is 16.1. The molecule has 0 saturated heterocycles. The van der Waals surface area contributed by atoms with Crippen LogP contribution in [0.25, 0.3) is 0 Å². The molecule has 14 heavy (non-hydrogen) atoms. The summed E-state index contributed by atoms with van der Waals surface area (Å²) in [7, 11) is 0. The molecule has 0 bridgehead atoms. The summed E-state index contributed by atoms with van der Waals surface area (Å²) in [6, 6.07) is 0.